The summed E-state index contributed by atoms with van der Waals surface area (Å²) in [5.74, 6) is -0.130. The van der Waals surface area contributed by atoms with Gasteiger partial charge in [0.2, 0.25) is 11.8 Å². The van der Waals surface area contributed by atoms with Gasteiger partial charge in [0.05, 0.1) is 32.3 Å². The number of nitrogens with two attached hydrogens (primary N) is 1. The monoisotopic (exact) mass is 620 g/mol. The van der Waals surface area contributed by atoms with Crippen molar-refractivity contribution in [3.63, 3.8) is 0 Å². The Hall–Kier alpha value is -3.29. The summed E-state index contributed by atoms with van der Waals surface area (Å²) in [5.41, 5.74) is 5.55. The van der Waals surface area contributed by atoms with Crippen molar-refractivity contribution >= 4 is 30.8 Å². The minimum Gasteiger partial charge on any atom is -0.476 e. The number of rotatable bonds is 12. The zero-order valence-corrected chi connectivity index (χ0v) is 26.4. The highest BCUT2D eigenvalue weighted by Gasteiger charge is 2.52. The van der Waals surface area contributed by atoms with Crippen LogP contribution in [0, 0.1) is 10.8 Å². The summed E-state index contributed by atoms with van der Waals surface area (Å²) in [6.07, 6.45) is -1.27. The third-order valence-corrected chi connectivity index (χ3v) is 8.37. The van der Waals surface area contributed by atoms with E-state index in [1.807, 2.05) is 41.5 Å². The lowest BCUT2D eigenvalue weighted by molar-refractivity contribution is -0.148. The maximum Gasteiger partial charge on any atom is 0.459 e. The maximum atomic E-state index is 14.0. The molecule has 3 heterocycles. The molecule has 0 radical (unpaired) electrons. The Labute approximate surface area is 250 Å². The first kappa shape index (κ1) is 32.6. The predicted molar refractivity (Wildman–Crippen MR) is 158 cm³/mol. The molecular formula is C28H41N6O8P. The highest BCUT2D eigenvalue weighted by atomic mass is 31.2. The lowest BCUT2D eigenvalue weighted by Crippen LogP contribution is -2.38. The Bertz CT molecular complexity index is 1460. The minimum atomic E-state index is -4.19. The molecule has 15 heteroatoms. The Balaban J connectivity index is 1.54. The molecule has 236 valence electrons. The molecule has 0 spiro atoms. The topological polar surface area (TPSA) is 182 Å². The van der Waals surface area contributed by atoms with Crippen LogP contribution in [-0.2, 0) is 23.4 Å². The van der Waals surface area contributed by atoms with Crippen molar-refractivity contribution in [3.05, 3.63) is 36.7 Å². The Kier molecular flexibility index (Phi) is 9.67. The van der Waals surface area contributed by atoms with Gasteiger partial charge < -0.3 is 29.6 Å². The largest absolute Gasteiger partial charge is 0.476 e. The fourth-order valence-corrected chi connectivity index (χ4v) is 6.00. The first-order valence-electron chi connectivity index (χ1n) is 14.0. The van der Waals surface area contributed by atoms with Crippen LogP contribution in [0.3, 0.4) is 0 Å². The Morgan fingerprint density at radius 1 is 1.26 bits per heavy atom. The summed E-state index contributed by atoms with van der Waals surface area (Å²) in [6, 6.07) is 7.38. The van der Waals surface area contributed by atoms with E-state index in [1.165, 1.54) is 13.3 Å². The summed E-state index contributed by atoms with van der Waals surface area (Å²) in [4.78, 5) is 25.5. The summed E-state index contributed by atoms with van der Waals surface area (Å²) >= 11 is 0. The van der Waals surface area contributed by atoms with Gasteiger partial charge in [0, 0.05) is 5.41 Å². The van der Waals surface area contributed by atoms with Crippen molar-refractivity contribution in [2.24, 2.45) is 10.8 Å². The quantitative estimate of drug-likeness (QED) is 0.196. The molecule has 1 aliphatic heterocycles. The minimum absolute atomic E-state index is 0.00541. The van der Waals surface area contributed by atoms with Gasteiger partial charge in [-0.15, -0.1) is 0 Å². The van der Waals surface area contributed by atoms with Crippen molar-refractivity contribution in [2.75, 3.05) is 25.6 Å². The van der Waals surface area contributed by atoms with Gasteiger partial charge in [0.1, 0.15) is 24.1 Å². The molecule has 0 amide bonds. The SMILES string of the molecule is CCOc1nc(N)nc2c1ncn2[C@@H]1O[C@H](COP(=O)(N[C@@H](C)C(=O)OCC(C)(C)C)Oc2ccccc2)[C@@H](O)C1(C)C. The summed E-state index contributed by atoms with van der Waals surface area (Å²) in [7, 11) is -4.19. The molecule has 5 atom stereocenters. The summed E-state index contributed by atoms with van der Waals surface area (Å²) in [5, 5.41) is 14.0. The lowest BCUT2D eigenvalue weighted by atomic mass is 9.84. The van der Waals surface area contributed by atoms with E-state index in [4.69, 9.17) is 29.0 Å². The number of carbonyl (C=O) groups excluding carboxylic acids is 1. The highest BCUT2D eigenvalue weighted by molar-refractivity contribution is 7.52. The Morgan fingerprint density at radius 3 is 2.60 bits per heavy atom. The number of aliphatic hydroxyl groups is 1. The fourth-order valence-electron chi connectivity index (χ4n) is 4.49. The lowest BCUT2D eigenvalue weighted by Gasteiger charge is -2.29. The number of hydrogen-bond acceptors (Lipinski definition) is 12. The molecule has 3 aromatic rings. The van der Waals surface area contributed by atoms with Gasteiger partial charge in [0.25, 0.3) is 0 Å². The van der Waals surface area contributed by atoms with Crippen LogP contribution in [0.5, 0.6) is 11.6 Å². The normalized spacial score (nSPS) is 22.2. The van der Waals surface area contributed by atoms with E-state index in [0.717, 1.165) is 0 Å². The van der Waals surface area contributed by atoms with Crippen LogP contribution < -0.4 is 20.1 Å². The number of imidazole rings is 1. The van der Waals surface area contributed by atoms with E-state index in [1.54, 1.807) is 34.9 Å². The van der Waals surface area contributed by atoms with E-state index in [0.29, 0.717) is 17.8 Å². The summed E-state index contributed by atoms with van der Waals surface area (Å²) < 4.78 is 44.4. The molecule has 0 aliphatic carbocycles. The molecule has 2 aromatic heterocycles. The van der Waals surface area contributed by atoms with E-state index < -0.39 is 43.6 Å². The molecule has 14 nitrogen and oxygen atoms in total. The van der Waals surface area contributed by atoms with Crippen LogP contribution in [0.15, 0.2) is 36.7 Å². The number of anilines is 1. The molecule has 1 saturated heterocycles. The number of nitrogens with zero attached hydrogens (tertiary/aromatic N) is 4. The number of ether oxygens (including phenoxy) is 3. The molecule has 1 unspecified atom stereocenters. The number of esters is 1. The zero-order chi connectivity index (χ0) is 31.6. The van der Waals surface area contributed by atoms with Gasteiger partial charge in [0.15, 0.2) is 11.2 Å². The second-order valence-electron chi connectivity index (χ2n) is 12.2. The van der Waals surface area contributed by atoms with Crippen LogP contribution in [0.25, 0.3) is 11.2 Å². The Morgan fingerprint density at radius 2 is 1.95 bits per heavy atom. The second-order valence-corrected chi connectivity index (χ2v) is 13.8. The van der Waals surface area contributed by atoms with Gasteiger partial charge in [-0.25, -0.2) is 9.55 Å². The maximum absolute atomic E-state index is 14.0. The van der Waals surface area contributed by atoms with Crippen LogP contribution in [0.2, 0.25) is 0 Å². The van der Waals surface area contributed by atoms with E-state index in [2.05, 4.69) is 20.0 Å². The van der Waals surface area contributed by atoms with Gasteiger partial charge in [-0.1, -0.05) is 52.8 Å². The molecule has 0 bridgehead atoms. The zero-order valence-electron chi connectivity index (χ0n) is 25.5. The smallest absolute Gasteiger partial charge is 0.459 e. The van der Waals surface area contributed by atoms with Crippen LogP contribution in [0.4, 0.5) is 5.95 Å². The number of nitrogen functional groups attached to an aromatic ring is 1. The molecule has 1 aromatic carbocycles. The van der Waals surface area contributed by atoms with Gasteiger partial charge in [-0.05, 0) is 31.4 Å². The second kappa shape index (κ2) is 12.7. The number of carbonyl (C=O) groups is 1. The average Bonchev–Trinajstić information content (AvgIpc) is 3.44. The van der Waals surface area contributed by atoms with Crippen LogP contribution in [-0.4, -0.2) is 68.7 Å². The third kappa shape index (κ3) is 7.63. The van der Waals surface area contributed by atoms with Crippen molar-refractivity contribution < 1.29 is 37.7 Å². The standard InChI is InChI=1S/C28H41N6O8P/c1-8-38-23-20-22(31-26(29)32-23)34(16-30-20)25-28(6,7)21(35)19(41-25)14-40-43(37,42-18-12-10-9-11-13-18)33-17(2)24(36)39-15-27(3,4)5/h9-13,16-17,19,21,25,35H,8,14-15H2,1-7H3,(H,33,37)(H2,29,31,32)/t17-,19+,21+,25+,43?/m0/s1. The van der Waals surface area contributed by atoms with Crippen LogP contribution in [0.1, 0.15) is 54.7 Å². The van der Waals surface area contributed by atoms with Gasteiger partial charge in [-0.3, -0.25) is 13.9 Å². The summed E-state index contributed by atoms with van der Waals surface area (Å²) in [6.45, 7) is 12.9. The van der Waals surface area contributed by atoms with E-state index >= 15 is 0 Å². The first-order chi connectivity index (χ1) is 20.1. The van der Waals surface area contributed by atoms with Gasteiger partial charge in [-0.2, -0.15) is 15.1 Å². The van der Waals surface area contributed by atoms with Crippen molar-refractivity contribution in [3.8, 4) is 11.6 Å². The number of hydrogen-bond donors (Lipinski definition) is 3. The number of fused-ring (bicyclic) bond motifs is 1. The van der Waals surface area contributed by atoms with Gasteiger partial charge >= 0.3 is 13.7 Å². The molecule has 0 saturated carbocycles. The first-order valence-corrected chi connectivity index (χ1v) is 15.6. The molecular weight excluding hydrogens is 579 g/mol. The van der Waals surface area contributed by atoms with E-state index in [9.17, 15) is 14.5 Å². The molecule has 43 heavy (non-hydrogen) atoms. The number of aromatic nitrogens is 4. The number of nitrogens with one attached hydrogen (secondary N) is 1. The number of aliphatic hydroxyl groups excluding tert-OH is 1. The third-order valence-electron chi connectivity index (χ3n) is 6.73. The van der Waals surface area contributed by atoms with E-state index in [-0.39, 0.29) is 36.2 Å². The average molecular weight is 621 g/mol. The molecule has 4 N–H and O–H groups in total. The molecule has 1 aliphatic rings. The molecule has 4 rings (SSSR count). The van der Waals surface area contributed by atoms with Crippen molar-refractivity contribution in [1.29, 1.82) is 0 Å². The highest BCUT2D eigenvalue weighted by Crippen LogP contribution is 2.49. The predicted octanol–water partition coefficient (Wildman–Crippen LogP) is 3.86. The van der Waals surface area contributed by atoms with Crippen molar-refractivity contribution in [2.45, 2.75) is 72.9 Å². The van der Waals surface area contributed by atoms with Crippen molar-refractivity contribution in [1.82, 2.24) is 24.6 Å². The number of benzene rings is 1. The molecule has 1 fully saturated rings. The fraction of sp³-hybridized carbons (Fsp3) is 0.571. The van der Waals surface area contributed by atoms with Crippen LogP contribution >= 0.6 is 7.75 Å². The number of para-hydroxylation sites is 1.